The van der Waals surface area contributed by atoms with E-state index in [1.807, 2.05) is 19.1 Å². The average molecular weight is 286 g/mol. The van der Waals surface area contributed by atoms with E-state index in [9.17, 15) is 4.79 Å². The predicted octanol–water partition coefficient (Wildman–Crippen LogP) is 3.61. The molecule has 4 heteroatoms. The van der Waals surface area contributed by atoms with Crippen LogP contribution in [0.1, 0.15) is 34.8 Å². The van der Waals surface area contributed by atoms with Crippen LogP contribution in [0.2, 0.25) is 0 Å². The molecule has 0 saturated carbocycles. The number of rotatable bonds is 6. The normalized spacial score (nSPS) is 10.4. The van der Waals surface area contributed by atoms with Crippen LogP contribution in [-0.4, -0.2) is 17.6 Å². The largest absolute Gasteiger partial charge is 0.465 e. The summed E-state index contributed by atoms with van der Waals surface area (Å²) in [7, 11) is 1.39. The number of hydrogen-bond acceptors (Lipinski definition) is 3. The van der Waals surface area contributed by atoms with Gasteiger partial charge in [-0.3, -0.25) is 0 Å². The maximum atomic E-state index is 11.5. The lowest BCUT2D eigenvalue weighted by Gasteiger charge is -2.10. The smallest absolute Gasteiger partial charge is 0.337 e. The molecule has 2 aromatic rings. The molecule has 0 aliphatic carbocycles. The molecule has 2 rings (SSSR count). The second kappa shape index (κ2) is 6.97. The van der Waals surface area contributed by atoms with Gasteiger partial charge in [-0.2, -0.15) is 0 Å². The molecule has 1 heterocycles. The Balaban J connectivity index is 2.00. The topological polar surface area (TPSA) is 43.3 Å². The highest BCUT2D eigenvalue weighted by atomic mass is 16.5. The number of esters is 1. The summed E-state index contributed by atoms with van der Waals surface area (Å²) in [6.07, 6.45) is 5.40. The standard InChI is InChI=1S/C17H22N2O2/c1-4-8-19-9-7-14(12-19)11-18-16-6-5-15(10-13(16)2)17(20)21-3/h5-7,9-10,12,18H,4,8,11H2,1-3H3. The van der Waals surface area contributed by atoms with Gasteiger partial charge in [0, 0.05) is 31.2 Å². The molecule has 1 aromatic carbocycles. The van der Waals surface area contributed by atoms with Gasteiger partial charge < -0.3 is 14.6 Å². The number of aryl methyl sites for hydroxylation is 2. The fourth-order valence-corrected chi connectivity index (χ4v) is 2.30. The number of anilines is 1. The summed E-state index contributed by atoms with van der Waals surface area (Å²) in [5.41, 5.74) is 3.89. The Morgan fingerprint density at radius 1 is 1.33 bits per heavy atom. The van der Waals surface area contributed by atoms with Gasteiger partial charge >= 0.3 is 5.97 Å². The zero-order chi connectivity index (χ0) is 15.2. The molecule has 0 unspecified atom stereocenters. The molecule has 0 amide bonds. The van der Waals surface area contributed by atoms with Crippen LogP contribution >= 0.6 is 0 Å². The molecule has 0 radical (unpaired) electrons. The Bertz CT molecular complexity index is 617. The number of methoxy groups -OCH3 is 1. The molecule has 0 aliphatic rings. The van der Waals surface area contributed by atoms with Gasteiger partial charge in [0.1, 0.15) is 0 Å². The van der Waals surface area contributed by atoms with E-state index in [-0.39, 0.29) is 5.97 Å². The van der Waals surface area contributed by atoms with Crippen molar-refractivity contribution in [2.24, 2.45) is 0 Å². The molecule has 1 aromatic heterocycles. The highest BCUT2D eigenvalue weighted by molar-refractivity contribution is 5.90. The summed E-state index contributed by atoms with van der Waals surface area (Å²) in [6, 6.07) is 7.67. The summed E-state index contributed by atoms with van der Waals surface area (Å²) in [5.74, 6) is -0.304. The highest BCUT2D eigenvalue weighted by Crippen LogP contribution is 2.18. The van der Waals surface area contributed by atoms with Gasteiger partial charge in [0.15, 0.2) is 0 Å². The van der Waals surface area contributed by atoms with Crippen molar-refractivity contribution in [2.75, 3.05) is 12.4 Å². The van der Waals surface area contributed by atoms with Crippen LogP contribution in [0.4, 0.5) is 5.69 Å². The third-order valence-electron chi connectivity index (χ3n) is 3.42. The molecule has 0 aliphatic heterocycles. The molecule has 21 heavy (non-hydrogen) atoms. The first kappa shape index (κ1) is 15.2. The van der Waals surface area contributed by atoms with Crippen LogP contribution < -0.4 is 5.32 Å². The summed E-state index contributed by atoms with van der Waals surface area (Å²) in [4.78, 5) is 11.5. The van der Waals surface area contributed by atoms with E-state index < -0.39 is 0 Å². The Morgan fingerprint density at radius 2 is 2.14 bits per heavy atom. The molecule has 0 spiro atoms. The van der Waals surface area contributed by atoms with E-state index in [2.05, 4.69) is 35.3 Å². The van der Waals surface area contributed by atoms with Crippen molar-refractivity contribution in [1.29, 1.82) is 0 Å². The summed E-state index contributed by atoms with van der Waals surface area (Å²) in [5, 5.41) is 3.40. The molecular weight excluding hydrogens is 264 g/mol. The lowest BCUT2D eigenvalue weighted by Crippen LogP contribution is -2.04. The highest BCUT2D eigenvalue weighted by Gasteiger charge is 2.07. The third-order valence-corrected chi connectivity index (χ3v) is 3.42. The molecular formula is C17H22N2O2. The summed E-state index contributed by atoms with van der Waals surface area (Å²) >= 11 is 0. The average Bonchev–Trinajstić information content (AvgIpc) is 2.93. The quantitative estimate of drug-likeness (QED) is 0.825. The monoisotopic (exact) mass is 286 g/mol. The van der Waals surface area contributed by atoms with E-state index in [0.717, 1.165) is 30.8 Å². The molecule has 0 fully saturated rings. The molecule has 1 N–H and O–H groups in total. The van der Waals surface area contributed by atoms with Crippen molar-refractivity contribution in [3.63, 3.8) is 0 Å². The van der Waals surface area contributed by atoms with Gasteiger partial charge in [-0.1, -0.05) is 6.92 Å². The number of benzene rings is 1. The Hall–Kier alpha value is -2.23. The number of aromatic nitrogens is 1. The number of carbonyl (C=O) groups is 1. The van der Waals surface area contributed by atoms with Crippen LogP contribution in [0.25, 0.3) is 0 Å². The fourth-order valence-electron chi connectivity index (χ4n) is 2.30. The third kappa shape index (κ3) is 3.88. The Labute approximate surface area is 125 Å². The van der Waals surface area contributed by atoms with E-state index in [1.54, 1.807) is 6.07 Å². The number of ether oxygens (including phenoxy) is 1. The van der Waals surface area contributed by atoms with Crippen LogP contribution in [0.15, 0.2) is 36.7 Å². The molecule has 0 atom stereocenters. The summed E-state index contributed by atoms with van der Waals surface area (Å²) in [6.45, 7) is 5.98. The first-order valence-corrected chi connectivity index (χ1v) is 7.21. The molecule has 0 bridgehead atoms. The lowest BCUT2D eigenvalue weighted by atomic mass is 10.1. The Kier molecular flexibility index (Phi) is 5.04. The van der Waals surface area contributed by atoms with Gasteiger partial charge in [0.2, 0.25) is 0 Å². The van der Waals surface area contributed by atoms with Crippen LogP contribution in [0, 0.1) is 6.92 Å². The number of nitrogens with one attached hydrogen (secondary N) is 1. The van der Waals surface area contributed by atoms with Crippen molar-refractivity contribution in [3.8, 4) is 0 Å². The van der Waals surface area contributed by atoms with Gasteiger partial charge in [-0.25, -0.2) is 4.79 Å². The van der Waals surface area contributed by atoms with Crippen LogP contribution in [0.3, 0.4) is 0 Å². The van der Waals surface area contributed by atoms with Crippen molar-refractivity contribution in [2.45, 2.75) is 33.4 Å². The first-order valence-electron chi connectivity index (χ1n) is 7.21. The number of hydrogen-bond donors (Lipinski definition) is 1. The van der Waals surface area contributed by atoms with Gasteiger partial charge in [0.25, 0.3) is 0 Å². The minimum absolute atomic E-state index is 0.304. The number of nitrogens with zero attached hydrogens (tertiary/aromatic N) is 1. The maximum Gasteiger partial charge on any atom is 0.337 e. The predicted molar refractivity (Wildman–Crippen MR) is 84.6 cm³/mol. The van der Waals surface area contributed by atoms with Crippen molar-refractivity contribution < 1.29 is 9.53 Å². The SMILES string of the molecule is CCCn1ccc(CNc2ccc(C(=O)OC)cc2C)c1. The van der Waals surface area contributed by atoms with Crippen molar-refractivity contribution in [1.82, 2.24) is 4.57 Å². The van der Waals surface area contributed by atoms with E-state index in [0.29, 0.717) is 5.56 Å². The van der Waals surface area contributed by atoms with Gasteiger partial charge in [0.05, 0.1) is 12.7 Å². The van der Waals surface area contributed by atoms with E-state index in [4.69, 9.17) is 4.74 Å². The second-order valence-electron chi connectivity index (χ2n) is 5.13. The van der Waals surface area contributed by atoms with Gasteiger partial charge in [-0.15, -0.1) is 0 Å². The van der Waals surface area contributed by atoms with Gasteiger partial charge in [-0.05, 0) is 48.7 Å². The van der Waals surface area contributed by atoms with Crippen LogP contribution in [-0.2, 0) is 17.8 Å². The minimum atomic E-state index is -0.304. The fraction of sp³-hybridized carbons (Fsp3) is 0.353. The minimum Gasteiger partial charge on any atom is -0.465 e. The van der Waals surface area contributed by atoms with E-state index in [1.165, 1.54) is 12.7 Å². The van der Waals surface area contributed by atoms with Crippen molar-refractivity contribution >= 4 is 11.7 Å². The Morgan fingerprint density at radius 3 is 2.81 bits per heavy atom. The summed E-state index contributed by atoms with van der Waals surface area (Å²) < 4.78 is 6.92. The molecule has 4 nitrogen and oxygen atoms in total. The zero-order valence-corrected chi connectivity index (χ0v) is 12.8. The van der Waals surface area contributed by atoms with E-state index >= 15 is 0 Å². The number of carbonyl (C=O) groups excluding carboxylic acids is 1. The zero-order valence-electron chi connectivity index (χ0n) is 12.8. The first-order chi connectivity index (χ1) is 10.1. The second-order valence-corrected chi connectivity index (χ2v) is 5.13. The molecule has 0 saturated heterocycles. The molecule has 112 valence electrons. The van der Waals surface area contributed by atoms with Crippen LogP contribution in [0.5, 0.6) is 0 Å². The van der Waals surface area contributed by atoms with Crippen molar-refractivity contribution in [3.05, 3.63) is 53.3 Å². The lowest BCUT2D eigenvalue weighted by molar-refractivity contribution is 0.0600. The maximum absolute atomic E-state index is 11.5.